The van der Waals surface area contributed by atoms with Crippen molar-refractivity contribution in [3.63, 3.8) is 0 Å². The lowest BCUT2D eigenvalue weighted by molar-refractivity contribution is -0.142. The molecule has 1 unspecified atom stereocenters. The maximum absolute atomic E-state index is 12.7. The first kappa shape index (κ1) is 14.4. The molecule has 1 N–H and O–H groups in total. The van der Waals surface area contributed by atoms with Crippen LogP contribution in [0.4, 0.5) is 0 Å². The highest BCUT2D eigenvalue weighted by Crippen LogP contribution is 2.35. The van der Waals surface area contributed by atoms with Gasteiger partial charge in [0.25, 0.3) is 0 Å². The summed E-state index contributed by atoms with van der Waals surface area (Å²) in [5, 5.41) is 7.39. The number of aromatic amines is 1. The first-order chi connectivity index (χ1) is 11.3. The van der Waals surface area contributed by atoms with Crippen LogP contribution in [0, 0.1) is 5.92 Å². The minimum Gasteiger partial charge on any atom is -0.332 e. The Morgan fingerprint density at radius 3 is 2.70 bits per heavy atom. The van der Waals surface area contributed by atoms with E-state index in [0.717, 1.165) is 50.0 Å². The van der Waals surface area contributed by atoms with E-state index >= 15 is 0 Å². The molecule has 3 heterocycles. The average Bonchev–Trinajstić information content (AvgIpc) is 3.04. The summed E-state index contributed by atoms with van der Waals surface area (Å²) < 4.78 is 0. The zero-order valence-electron chi connectivity index (χ0n) is 13.1. The molecule has 0 radical (unpaired) electrons. The van der Waals surface area contributed by atoms with Gasteiger partial charge in [0.15, 0.2) is 5.82 Å². The fourth-order valence-corrected chi connectivity index (χ4v) is 3.42. The van der Waals surface area contributed by atoms with Crippen molar-refractivity contribution in [2.75, 3.05) is 6.54 Å². The predicted molar refractivity (Wildman–Crippen MR) is 85.3 cm³/mol. The molecule has 1 saturated heterocycles. The Morgan fingerprint density at radius 2 is 1.96 bits per heavy atom. The second-order valence-electron chi connectivity index (χ2n) is 6.45. The van der Waals surface area contributed by atoms with Crippen molar-refractivity contribution in [1.82, 2.24) is 25.1 Å². The van der Waals surface area contributed by atoms with Crippen molar-refractivity contribution in [2.24, 2.45) is 5.92 Å². The third-order valence-electron chi connectivity index (χ3n) is 5.00. The quantitative estimate of drug-likeness (QED) is 0.945. The molecule has 6 heteroatoms. The highest BCUT2D eigenvalue weighted by molar-refractivity contribution is 5.80. The number of carbonyl (C=O) groups excluding carboxylic acids is 1. The van der Waals surface area contributed by atoms with Crippen LogP contribution in [0.5, 0.6) is 0 Å². The van der Waals surface area contributed by atoms with Gasteiger partial charge in [-0.3, -0.25) is 14.9 Å². The molecule has 2 aromatic rings. The van der Waals surface area contributed by atoms with E-state index in [-0.39, 0.29) is 12.0 Å². The molecule has 2 aliphatic rings. The summed E-state index contributed by atoms with van der Waals surface area (Å²) in [5.74, 6) is 2.02. The molecule has 0 aromatic carbocycles. The second kappa shape index (κ2) is 6.10. The van der Waals surface area contributed by atoms with E-state index in [1.165, 1.54) is 6.42 Å². The summed E-state index contributed by atoms with van der Waals surface area (Å²) in [6, 6.07) is 3.83. The Balaban J connectivity index is 1.57. The summed E-state index contributed by atoms with van der Waals surface area (Å²) >= 11 is 0. The largest absolute Gasteiger partial charge is 0.332 e. The lowest BCUT2D eigenvalue weighted by Crippen LogP contribution is -2.44. The first-order valence-corrected chi connectivity index (χ1v) is 8.46. The number of rotatable bonds is 3. The van der Waals surface area contributed by atoms with Crippen LogP contribution in [0.15, 0.2) is 24.5 Å². The third kappa shape index (κ3) is 2.73. The smallest absolute Gasteiger partial charge is 0.226 e. The molecule has 1 saturated carbocycles. The van der Waals surface area contributed by atoms with Gasteiger partial charge in [-0.1, -0.05) is 6.42 Å². The number of hydrogen-bond acceptors (Lipinski definition) is 4. The standard InChI is InChI=1S/C17H21N5O/c23-17(13-4-3-5-13)22-11-2-1-6-14(22)16-19-15(20-21-16)12-7-9-18-10-8-12/h7-10,13-14H,1-6,11H2,(H,19,20,21). The summed E-state index contributed by atoms with van der Waals surface area (Å²) in [6.45, 7) is 0.839. The highest BCUT2D eigenvalue weighted by atomic mass is 16.2. The van der Waals surface area contributed by atoms with Crippen LogP contribution in [-0.2, 0) is 4.79 Å². The molecule has 23 heavy (non-hydrogen) atoms. The van der Waals surface area contributed by atoms with Gasteiger partial charge in [-0.25, -0.2) is 4.98 Å². The Morgan fingerprint density at radius 1 is 1.13 bits per heavy atom. The van der Waals surface area contributed by atoms with Gasteiger partial charge in [0.2, 0.25) is 5.91 Å². The Bertz CT molecular complexity index is 679. The number of H-pyrrole nitrogens is 1. The number of likely N-dealkylation sites (tertiary alicyclic amines) is 1. The van der Waals surface area contributed by atoms with Crippen molar-refractivity contribution >= 4 is 5.91 Å². The van der Waals surface area contributed by atoms with Crippen molar-refractivity contribution in [3.05, 3.63) is 30.4 Å². The number of carbonyl (C=O) groups is 1. The minimum absolute atomic E-state index is 0.0416. The van der Waals surface area contributed by atoms with Crippen LogP contribution in [-0.4, -0.2) is 37.5 Å². The number of hydrogen-bond donors (Lipinski definition) is 1. The van der Waals surface area contributed by atoms with E-state index in [0.29, 0.717) is 11.7 Å². The van der Waals surface area contributed by atoms with Gasteiger partial charge >= 0.3 is 0 Å². The van der Waals surface area contributed by atoms with Crippen molar-refractivity contribution in [3.8, 4) is 11.4 Å². The topological polar surface area (TPSA) is 74.8 Å². The molecule has 120 valence electrons. The monoisotopic (exact) mass is 311 g/mol. The number of pyridine rings is 1. The molecule has 0 spiro atoms. The van der Waals surface area contributed by atoms with Crippen LogP contribution >= 0.6 is 0 Å². The summed E-state index contributed by atoms with van der Waals surface area (Å²) in [5.41, 5.74) is 0.940. The van der Waals surface area contributed by atoms with Crippen LogP contribution in [0.2, 0.25) is 0 Å². The highest BCUT2D eigenvalue weighted by Gasteiger charge is 2.36. The fraction of sp³-hybridized carbons (Fsp3) is 0.529. The van der Waals surface area contributed by atoms with Gasteiger partial charge in [0.05, 0.1) is 6.04 Å². The molecule has 2 fully saturated rings. The zero-order chi connectivity index (χ0) is 15.6. The SMILES string of the molecule is O=C(C1CCC1)N1CCCCC1c1nc(-c2ccncc2)n[nH]1. The van der Waals surface area contributed by atoms with Crippen LogP contribution in [0.25, 0.3) is 11.4 Å². The Hall–Kier alpha value is -2.24. The number of aromatic nitrogens is 4. The normalized spacial score (nSPS) is 21.9. The van der Waals surface area contributed by atoms with Crippen molar-refractivity contribution in [1.29, 1.82) is 0 Å². The van der Waals surface area contributed by atoms with E-state index in [9.17, 15) is 4.79 Å². The van der Waals surface area contributed by atoms with Gasteiger partial charge in [0, 0.05) is 30.4 Å². The fourth-order valence-electron chi connectivity index (χ4n) is 3.42. The average molecular weight is 311 g/mol. The summed E-state index contributed by atoms with van der Waals surface area (Å²) in [6.07, 6.45) is 9.91. The molecule has 4 rings (SSSR count). The number of amides is 1. The van der Waals surface area contributed by atoms with Crippen molar-refractivity contribution < 1.29 is 4.79 Å². The lowest BCUT2D eigenvalue weighted by Gasteiger charge is -2.38. The second-order valence-corrected chi connectivity index (χ2v) is 6.45. The van der Waals surface area contributed by atoms with Gasteiger partial charge in [-0.15, -0.1) is 0 Å². The van der Waals surface area contributed by atoms with E-state index in [4.69, 9.17) is 0 Å². The predicted octanol–water partition coefficient (Wildman–Crippen LogP) is 2.72. The molecule has 0 bridgehead atoms. The summed E-state index contributed by atoms with van der Waals surface area (Å²) in [7, 11) is 0. The summed E-state index contributed by atoms with van der Waals surface area (Å²) in [4.78, 5) is 23.4. The maximum atomic E-state index is 12.7. The molecule has 1 aliphatic heterocycles. The number of nitrogens with zero attached hydrogens (tertiary/aromatic N) is 4. The molecule has 1 amide bonds. The van der Waals surface area contributed by atoms with E-state index in [1.54, 1.807) is 12.4 Å². The third-order valence-corrected chi connectivity index (χ3v) is 5.00. The zero-order valence-corrected chi connectivity index (χ0v) is 13.1. The van der Waals surface area contributed by atoms with Gasteiger partial charge in [-0.05, 0) is 44.2 Å². The Kier molecular flexibility index (Phi) is 3.81. The van der Waals surface area contributed by atoms with Crippen molar-refractivity contribution in [2.45, 2.75) is 44.6 Å². The van der Waals surface area contributed by atoms with Crippen LogP contribution in [0.3, 0.4) is 0 Å². The number of nitrogens with one attached hydrogen (secondary N) is 1. The molecular formula is C17H21N5O. The number of piperidine rings is 1. The van der Waals surface area contributed by atoms with E-state index in [2.05, 4.69) is 20.2 Å². The maximum Gasteiger partial charge on any atom is 0.226 e. The Labute approximate surface area is 135 Å². The van der Waals surface area contributed by atoms with Gasteiger partial charge < -0.3 is 4.90 Å². The van der Waals surface area contributed by atoms with Crippen LogP contribution < -0.4 is 0 Å². The van der Waals surface area contributed by atoms with E-state index < -0.39 is 0 Å². The molecule has 1 aliphatic carbocycles. The van der Waals surface area contributed by atoms with E-state index in [1.807, 2.05) is 17.0 Å². The van der Waals surface area contributed by atoms with Gasteiger partial charge in [0.1, 0.15) is 5.82 Å². The lowest BCUT2D eigenvalue weighted by atomic mass is 9.83. The molecular weight excluding hydrogens is 290 g/mol. The van der Waals surface area contributed by atoms with Gasteiger partial charge in [-0.2, -0.15) is 5.10 Å². The van der Waals surface area contributed by atoms with Crippen LogP contribution in [0.1, 0.15) is 50.4 Å². The molecule has 1 atom stereocenters. The minimum atomic E-state index is 0.0416. The molecule has 2 aromatic heterocycles. The molecule has 6 nitrogen and oxygen atoms in total. The first-order valence-electron chi connectivity index (χ1n) is 8.46.